The van der Waals surface area contributed by atoms with E-state index in [-0.39, 0.29) is 38.5 Å². The zero-order chi connectivity index (χ0) is 43.3. The minimum Gasteiger partial charge on any atom is -0.0785 e. The minimum absolute atomic E-state index is 0. The van der Waals surface area contributed by atoms with Gasteiger partial charge in [-0.2, -0.15) is 0 Å². The van der Waals surface area contributed by atoms with Crippen molar-refractivity contribution in [3.8, 4) is 0 Å². The van der Waals surface area contributed by atoms with E-state index >= 15 is 0 Å². The van der Waals surface area contributed by atoms with E-state index in [1.807, 2.05) is 59.7 Å². The molecule has 0 amide bonds. The van der Waals surface area contributed by atoms with Gasteiger partial charge < -0.3 is 0 Å². The van der Waals surface area contributed by atoms with Crippen LogP contribution in [0, 0.1) is 16.2 Å². The van der Waals surface area contributed by atoms with Crippen LogP contribution in [0.15, 0.2) is 152 Å². The molecule has 0 aliphatic carbocycles. The molecule has 5 aromatic carbocycles. The summed E-state index contributed by atoms with van der Waals surface area (Å²) in [6, 6.07) is 46.4. The van der Waals surface area contributed by atoms with Crippen LogP contribution in [0.3, 0.4) is 0 Å². The Labute approximate surface area is 364 Å². The summed E-state index contributed by atoms with van der Waals surface area (Å²) in [4.78, 5) is 0. The van der Waals surface area contributed by atoms with Crippen LogP contribution in [-0.2, 0) is 5.41 Å². The highest BCUT2D eigenvalue weighted by atomic mass is 14.2. The molecule has 0 spiro atoms. The van der Waals surface area contributed by atoms with Gasteiger partial charge in [-0.25, -0.2) is 0 Å². The summed E-state index contributed by atoms with van der Waals surface area (Å²) in [5.74, 6) is 0. The normalized spacial score (nSPS) is 10.8. The molecule has 0 aliphatic heterocycles. The second kappa shape index (κ2) is 32.6. The number of fused-ring (bicyclic) bond motifs is 1. The second-order valence-corrected chi connectivity index (χ2v) is 17.1. The summed E-state index contributed by atoms with van der Waals surface area (Å²) in [7, 11) is 0. The van der Waals surface area contributed by atoms with E-state index in [0.717, 1.165) is 0 Å². The van der Waals surface area contributed by atoms with Crippen molar-refractivity contribution in [2.45, 2.75) is 130 Å². The van der Waals surface area contributed by atoms with Gasteiger partial charge >= 0.3 is 0 Å². The fourth-order valence-electron chi connectivity index (χ4n) is 4.39. The van der Waals surface area contributed by atoms with Crippen LogP contribution in [0.25, 0.3) is 29.0 Å². The molecule has 5 aromatic rings. The standard InChI is InChI=1S/C14H16.3C12H16.3C2H6.2B/c1-14(2,3)13-9-8-11-6-4-5-7-12(11)10-13;3*1-12(2,3)10-9-11-7-5-4-6-8-11;3*1-2;;/h4-10H,1-3H3;3*4-10H,1-3H3;3*1-2H3;;/b;3*10-9+;;;;;. The SMILES string of the molecule is CC.CC.CC.CC(C)(C)/C=C/c1ccccc1.CC(C)(C)/C=C/c1ccccc1.CC(C)(C)/C=C/c1ccccc1.CC(C)(C)c1ccc2ccccc2c1.[B].[B]. The molecule has 0 fully saturated rings. The first-order valence-electron chi connectivity index (χ1n) is 21.0. The van der Waals surface area contributed by atoms with E-state index in [0.29, 0.717) is 0 Å². The molecule has 0 N–H and O–H groups in total. The van der Waals surface area contributed by atoms with Crippen molar-refractivity contribution in [2.24, 2.45) is 16.2 Å². The van der Waals surface area contributed by atoms with Crippen molar-refractivity contribution in [1.82, 2.24) is 0 Å². The molecule has 0 aromatic heterocycles. The topological polar surface area (TPSA) is 0 Å². The van der Waals surface area contributed by atoms with Crippen molar-refractivity contribution in [2.75, 3.05) is 0 Å². The number of allylic oxidation sites excluding steroid dienone is 3. The smallest absolute Gasteiger partial charge is 0 e. The zero-order valence-corrected chi connectivity index (χ0v) is 40.3. The molecular formula is C56H82B2. The van der Waals surface area contributed by atoms with Gasteiger partial charge in [-0.05, 0) is 54.7 Å². The lowest BCUT2D eigenvalue weighted by atomic mass is 9.86. The summed E-state index contributed by atoms with van der Waals surface area (Å²) >= 11 is 0. The summed E-state index contributed by atoms with van der Waals surface area (Å²) < 4.78 is 0. The zero-order valence-electron chi connectivity index (χ0n) is 40.3. The molecule has 58 heavy (non-hydrogen) atoms. The third kappa shape index (κ3) is 32.8. The Morgan fingerprint density at radius 2 is 0.569 bits per heavy atom. The Bertz CT molecular complexity index is 1590. The van der Waals surface area contributed by atoms with Crippen molar-refractivity contribution < 1.29 is 0 Å². The highest BCUT2D eigenvalue weighted by molar-refractivity contribution is 5.83. The Balaban J connectivity index is -0.000000318. The van der Waals surface area contributed by atoms with Gasteiger partial charge in [-0.1, -0.05) is 295 Å². The molecule has 0 unspecified atom stereocenters. The summed E-state index contributed by atoms with van der Waals surface area (Å²) in [6.45, 7) is 38.5. The van der Waals surface area contributed by atoms with Gasteiger partial charge in [0.2, 0.25) is 0 Å². The molecule has 0 saturated heterocycles. The van der Waals surface area contributed by atoms with E-state index in [1.54, 1.807) is 0 Å². The fraction of sp³-hybridized carbons (Fsp3) is 0.393. The molecule has 2 heteroatoms. The summed E-state index contributed by atoms with van der Waals surface area (Å²) in [5, 5.41) is 2.65. The highest BCUT2D eigenvalue weighted by Gasteiger charge is 2.13. The first-order chi connectivity index (χ1) is 26.3. The van der Waals surface area contributed by atoms with Gasteiger partial charge in [-0.15, -0.1) is 0 Å². The maximum absolute atomic E-state index is 2.29. The average Bonchev–Trinajstić information content (AvgIpc) is 3.18. The molecule has 6 radical (unpaired) electrons. The monoisotopic (exact) mass is 777 g/mol. The quantitative estimate of drug-likeness (QED) is 0.160. The Hall–Kier alpha value is -4.29. The maximum atomic E-state index is 2.29. The third-order valence-corrected chi connectivity index (χ3v) is 7.34. The molecule has 0 atom stereocenters. The Kier molecular flexibility index (Phi) is 34.0. The minimum atomic E-state index is 0. The van der Waals surface area contributed by atoms with Crippen molar-refractivity contribution in [3.05, 3.63) is 174 Å². The highest BCUT2D eigenvalue weighted by Crippen LogP contribution is 2.26. The Morgan fingerprint density at radius 3 is 0.828 bits per heavy atom. The predicted octanol–water partition coefficient (Wildman–Crippen LogP) is 17.7. The van der Waals surface area contributed by atoms with E-state index < -0.39 is 0 Å². The van der Waals surface area contributed by atoms with Crippen LogP contribution in [0.1, 0.15) is 147 Å². The van der Waals surface area contributed by atoms with E-state index in [1.165, 1.54) is 33.0 Å². The largest absolute Gasteiger partial charge is 0.0785 e. The van der Waals surface area contributed by atoms with Gasteiger partial charge in [0.1, 0.15) is 0 Å². The van der Waals surface area contributed by atoms with Crippen LogP contribution in [0.4, 0.5) is 0 Å². The second-order valence-electron chi connectivity index (χ2n) is 17.1. The van der Waals surface area contributed by atoms with Gasteiger partial charge in [0.25, 0.3) is 0 Å². The third-order valence-electron chi connectivity index (χ3n) is 7.34. The maximum Gasteiger partial charge on any atom is 0 e. The molecule has 5 rings (SSSR count). The average molecular weight is 777 g/mol. The fourth-order valence-corrected chi connectivity index (χ4v) is 4.39. The molecule has 0 bridgehead atoms. The summed E-state index contributed by atoms with van der Waals surface area (Å²) in [6.07, 6.45) is 13.2. The number of benzene rings is 5. The molecule has 0 saturated carbocycles. The number of rotatable bonds is 3. The predicted molar refractivity (Wildman–Crippen MR) is 273 cm³/mol. The van der Waals surface area contributed by atoms with Crippen molar-refractivity contribution in [3.63, 3.8) is 0 Å². The van der Waals surface area contributed by atoms with Crippen LogP contribution in [-0.4, -0.2) is 16.8 Å². The van der Waals surface area contributed by atoms with Crippen LogP contribution < -0.4 is 0 Å². The molecule has 0 nitrogen and oxygen atoms in total. The lowest BCUT2D eigenvalue weighted by molar-refractivity contribution is 0.547. The first-order valence-corrected chi connectivity index (χ1v) is 21.0. The molecule has 312 valence electrons. The van der Waals surface area contributed by atoms with E-state index in [9.17, 15) is 0 Å². The number of hydrogen-bond acceptors (Lipinski definition) is 0. The van der Waals surface area contributed by atoms with Crippen LogP contribution in [0.5, 0.6) is 0 Å². The van der Waals surface area contributed by atoms with Crippen LogP contribution >= 0.6 is 0 Å². The Morgan fingerprint density at radius 1 is 0.310 bits per heavy atom. The molecular weight excluding hydrogens is 694 g/mol. The van der Waals surface area contributed by atoms with Gasteiger partial charge in [-0.3, -0.25) is 0 Å². The van der Waals surface area contributed by atoms with E-state index in [4.69, 9.17) is 0 Å². The van der Waals surface area contributed by atoms with Crippen LogP contribution in [0.2, 0.25) is 0 Å². The van der Waals surface area contributed by atoms with Gasteiger partial charge in [0.15, 0.2) is 0 Å². The van der Waals surface area contributed by atoms with Crippen molar-refractivity contribution in [1.29, 1.82) is 0 Å². The number of hydrogen-bond donors (Lipinski definition) is 0. The first kappa shape index (κ1) is 60.4. The molecule has 0 aliphatic rings. The summed E-state index contributed by atoms with van der Waals surface area (Å²) in [5.41, 5.74) is 6.27. The molecule has 0 heterocycles. The van der Waals surface area contributed by atoms with Crippen molar-refractivity contribution >= 4 is 45.8 Å². The lowest BCUT2D eigenvalue weighted by Crippen LogP contribution is -2.10. The van der Waals surface area contributed by atoms with E-state index in [2.05, 4.69) is 235 Å². The van der Waals surface area contributed by atoms with Gasteiger partial charge in [0, 0.05) is 16.8 Å². The lowest BCUT2D eigenvalue weighted by Gasteiger charge is -2.19. The van der Waals surface area contributed by atoms with Gasteiger partial charge in [0.05, 0.1) is 0 Å².